The van der Waals surface area contributed by atoms with Gasteiger partial charge in [0.2, 0.25) is 5.04 Å². The van der Waals surface area contributed by atoms with Gasteiger partial charge in [0.05, 0.1) is 0 Å². The van der Waals surface area contributed by atoms with Crippen LogP contribution in [-0.4, -0.2) is 41.8 Å². The molecule has 1 aliphatic rings. The first-order valence-corrected chi connectivity index (χ1v) is 6.97. The molecule has 0 radical (unpaired) electrons. The van der Waals surface area contributed by atoms with E-state index in [2.05, 4.69) is 20.2 Å². The Labute approximate surface area is 119 Å². The third-order valence-corrected chi connectivity index (χ3v) is 4.49. The van der Waals surface area contributed by atoms with E-state index in [1.807, 2.05) is 0 Å². The van der Waals surface area contributed by atoms with Crippen LogP contribution in [0.5, 0.6) is 0 Å². The van der Waals surface area contributed by atoms with Gasteiger partial charge in [-0.15, -0.1) is 0 Å². The van der Waals surface area contributed by atoms with Gasteiger partial charge in [-0.2, -0.15) is 37.4 Å². The topological polar surface area (TPSA) is 104 Å². The van der Waals surface area contributed by atoms with Gasteiger partial charge in [0.25, 0.3) is 0 Å². The molecule has 0 bridgehead atoms. The van der Waals surface area contributed by atoms with Crippen molar-refractivity contribution in [3.05, 3.63) is 11.4 Å². The van der Waals surface area contributed by atoms with Crippen LogP contribution < -0.4 is 0 Å². The summed E-state index contributed by atoms with van der Waals surface area (Å²) in [6.45, 7) is 1.06. The number of H-pyrrole nitrogens is 1. The number of hydrogen-bond donors (Lipinski definition) is 3. The van der Waals surface area contributed by atoms with Gasteiger partial charge in [-0.3, -0.25) is 9.11 Å². The molecule has 2 rings (SSSR count). The number of hydrogen-bond acceptors (Lipinski definition) is 6. The molecule has 0 saturated heterocycles. The standard InChI is InChI=1S/C8H8F6N4O3S/c1-2-3(9)6(17-21-2)22(19,20)8(13,14)5-4(7(10,11)12)15-18-16-5/h2-3,19-20H,1H3,(H,15,16,18). The summed E-state index contributed by atoms with van der Waals surface area (Å²) in [5.41, 5.74) is -4.23. The van der Waals surface area contributed by atoms with E-state index in [9.17, 15) is 35.4 Å². The molecule has 0 aliphatic carbocycles. The Morgan fingerprint density at radius 3 is 2.14 bits per heavy atom. The highest BCUT2D eigenvalue weighted by Crippen LogP contribution is 2.63. The van der Waals surface area contributed by atoms with Gasteiger partial charge in [0.15, 0.2) is 23.7 Å². The van der Waals surface area contributed by atoms with Crippen molar-refractivity contribution in [3.63, 3.8) is 0 Å². The Morgan fingerprint density at radius 2 is 1.68 bits per heavy atom. The molecule has 0 aromatic carbocycles. The summed E-state index contributed by atoms with van der Waals surface area (Å²) in [6.07, 6.45) is -9.15. The molecule has 126 valence electrons. The third-order valence-electron chi connectivity index (χ3n) is 2.70. The van der Waals surface area contributed by atoms with Crippen molar-refractivity contribution < 1.29 is 40.3 Å². The normalized spacial score (nSPS) is 24.1. The third kappa shape index (κ3) is 2.40. The first-order valence-electron chi connectivity index (χ1n) is 5.42. The maximum Gasteiger partial charge on any atom is 0.437 e. The lowest BCUT2D eigenvalue weighted by Crippen LogP contribution is -2.36. The predicted molar refractivity (Wildman–Crippen MR) is 61.0 cm³/mol. The molecule has 0 amide bonds. The fourth-order valence-electron chi connectivity index (χ4n) is 1.55. The lowest BCUT2D eigenvalue weighted by molar-refractivity contribution is -0.143. The fourth-order valence-corrected chi connectivity index (χ4v) is 2.87. The zero-order valence-electron chi connectivity index (χ0n) is 10.5. The summed E-state index contributed by atoms with van der Waals surface area (Å²) >= 11 is 0. The summed E-state index contributed by atoms with van der Waals surface area (Å²) in [6, 6.07) is 0. The molecule has 14 heteroatoms. The Balaban J connectivity index is 2.48. The second-order valence-corrected chi connectivity index (χ2v) is 6.25. The molecule has 0 saturated carbocycles. The molecule has 2 atom stereocenters. The minimum atomic E-state index is -5.43. The summed E-state index contributed by atoms with van der Waals surface area (Å²) < 4.78 is 98.8. The van der Waals surface area contributed by atoms with E-state index in [0.29, 0.717) is 0 Å². The molecule has 7 nitrogen and oxygen atoms in total. The van der Waals surface area contributed by atoms with Gasteiger partial charge < -0.3 is 4.84 Å². The summed E-state index contributed by atoms with van der Waals surface area (Å²) in [4.78, 5) is 4.29. The van der Waals surface area contributed by atoms with Crippen molar-refractivity contribution in [2.75, 3.05) is 0 Å². The molecule has 0 fully saturated rings. The van der Waals surface area contributed by atoms with Crippen LogP contribution in [0.25, 0.3) is 0 Å². The van der Waals surface area contributed by atoms with E-state index in [0.717, 1.165) is 6.92 Å². The maximum absolute atomic E-state index is 14.1. The van der Waals surface area contributed by atoms with E-state index in [-0.39, 0.29) is 0 Å². The SMILES string of the molecule is CC1ON=C(S(O)(O)C(F)(F)c2n[nH]nc2C(F)(F)F)C1F. The van der Waals surface area contributed by atoms with Crippen molar-refractivity contribution in [2.45, 2.75) is 30.6 Å². The summed E-state index contributed by atoms with van der Waals surface area (Å²) in [5.74, 6) is 0. The maximum atomic E-state index is 14.1. The lowest BCUT2D eigenvalue weighted by Gasteiger charge is -2.37. The van der Waals surface area contributed by atoms with Gasteiger partial charge in [-0.05, 0) is 6.92 Å². The molecule has 22 heavy (non-hydrogen) atoms. The van der Waals surface area contributed by atoms with E-state index in [1.54, 1.807) is 0 Å². The van der Waals surface area contributed by atoms with Crippen molar-refractivity contribution >= 4 is 15.6 Å². The van der Waals surface area contributed by atoms with Gasteiger partial charge in [0, 0.05) is 0 Å². The molecule has 0 spiro atoms. The van der Waals surface area contributed by atoms with E-state index >= 15 is 0 Å². The molecule has 2 unspecified atom stereocenters. The number of nitrogens with zero attached hydrogens (tertiary/aromatic N) is 3. The lowest BCUT2D eigenvalue weighted by atomic mass is 10.3. The number of aromatic nitrogens is 3. The molecule has 1 aliphatic heterocycles. The first-order chi connectivity index (χ1) is 9.90. The number of nitrogens with one attached hydrogen (secondary N) is 1. The highest BCUT2D eigenvalue weighted by Gasteiger charge is 2.60. The number of aromatic amines is 1. The van der Waals surface area contributed by atoms with E-state index in [1.165, 1.54) is 5.21 Å². The predicted octanol–water partition coefficient (Wildman–Crippen LogP) is 2.69. The van der Waals surface area contributed by atoms with E-state index in [4.69, 9.17) is 0 Å². The first kappa shape index (κ1) is 16.8. The van der Waals surface area contributed by atoms with Crippen LogP contribution in [0.2, 0.25) is 0 Å². The van der Waals surface area contributed by atoms with Crippen LogP contribution in [0.3, 0.4) is 0 Å². The molecule has 3 N–H and O–H groups in total. The van der Waals surface area contributed by atoms with Crippen molar-refractivity contribution in [3.8, 4) is 0 Å². The zero-order valence-corrected chi connectivity index (χ0v) is 11.3. The second-order valence-electron chi connectivity index (χ2n) is 4.23. The smallest absolute Gasteiger partial charge is 0.388 e. The number of oxime groups is 1. The Hall–Kier alpha value is -1.54. The largest absolute Gasteiger partial charge is 0.437 e. The van der Waals surface area contributed by atoms with Crippen molar-refractivity contribution in [1.29, 1.82) is 0 Å². The van der Waals surface area contributed by atoms with Crippen molar-refractivity contribution in [1.82, 2.24) is 15.4 Å². The van der Waals surface area contributed by atoms with Crippen LogP contribution >= 0.6 is 10.6 Å². The number of rotatable bonds is 2. The molecule has 2 heterocycles. The Kier molecular flexibility index (Phi) is 3.81. The quantitative estimate of drug-likeness (QED) is 0.709. The second kappa shape index (κ2) is 4.99. The van der Waals surface area contributed by atoms with Gasteiger partial charge in [-0.25, -0.2) is 4.39 Å². The van der Waals surface area contributed by atoms with Crippen LogP contribution in [0.15, 0.2) is 5.16 Å². The Morgan fingerprint density at radius 1 is 1.14 bits per heavy atom. The highest BCUT2D eigenvalue weighted by molar-refractivity contribution is 8.37. The monoisotopic (exact) mass is 354 g/mol. The highest BCUT2D eigenvalue weighted by atomic mass is 32.3. The van der Waals surface area contributed by atoms with Crippen LogP contribution in [0.4, 0.5) is 26.3 Å². The van der Waals surface area contributed by atoms with Crippen LogP contribution in [-0.2, 0) is 16.3 Å². The van der Waals surface area contributed by atoms with Crippen LogP contribution in [0.1, 0.15) is 18.3 Å². The molecular weight excluding hydrogens is 346 g/mol. The van der Waals surface area contributed by atoms with Gasteiger partial charge in [-0.1, -0.05) is 15.7 Å². The van der Waals surface area contributed by atoms with Gasteiger partial charge >= 0.3 is 11.4 Å². The van der Waals surface area contributed by atoms with E-state index < -0.39 is 50.7 Å². The fraction of sp³-hybridized carbons (Fsp3) is 0.625. The Bertz CT molecular complexity index is 603. The summed E-state index contributed by atoms with van der Waals surface area (Å²) in [7, 11) is -5.43. The van der Waals surface area contributed by atoms with Crippen molar-refractivity contribution in [2.24, 2.45) is 5.16 Å². The average Bonchev–Trinajstić information content (AvgIpc) is 2.97. The van der Waals surface area contributed by atoms with Crippen LogP contribution in [0, 0.1) is 0 Å². The summed E-state index contributed by atoms with van der Waals surface area (Å²) in [5, 5.41) is 2.77. The van der Waals surface area contributed by atoms with Gasteiger partial charge in [0.1, 0.15) is 0 Å². The average molecular weight is 354 g/mol. The minimum absolute atomic E-state index is 1.06. The molecule has 1 aromatic rings. The zero-order chi connectivity index (χ0) is 16.9. The molecule has 1 aromatic heterocycles. The number of halogens is 6. The number of alkyl halides is 6. The molecular formula is C8H8F6N4O3S. The minimum Gasteiger partial charge on any atom is -0.388 e.